The molecule has 0 amide bonds. The smallest absolute Gasteiger partial charge is 0.0642 e. The average molecular weight is 311 g/mol. The summed E-state index contributed by atoms with van der Waals surface area (Å²) in [5, 5.41) is 3.54. The van der Waals surface area contributed by atoms with Gasteiger partial charge in [-0.2, -0.15) is 0 Å². The summed E-state index contributed by atoms with van der Waals surface area (Å²) in [6.45, 7) is 4.61. The maximum atomic E-state index is 5.39. The van der Waals surface area contributed by atoms with Crippen molar-refractivity contribution in [1.82, 2.24) is 5.32 Å². The van der Waals surface area contributed by atoms with Crippen LogP contribution in [0.2, 0.25) is 0 Å². The van der Waals surface area contributed by atoms with Gasteiger partial charge in [-0.1, -0.05) is 6.07 Å². The van der Waals surface area contributed by atoms with Crippen molar-refractivity contribution in [3.8, 4) is 0 Å². The quantitative estimate of drug-likeness (QED) is 0.925. The van der Waals surface area contributed by atoms with Gasteiger partial charge in [-0.3, -0.25) is 0 Å². The Morgan fingerprint density at radius 3 is 2.72 bits per heavy atom. The number of ether oxygens (including phenoxy) is 1. The predicted molar refractivity (Wildman–Crippen MR) is 77.0 cm³/mol. The summed E-state index contributed by atoms with van der Waals surface area (Å²) in [5.74, 6) is 0. The van der Waals surface area contributed by atoms with Crippen molar-refractivity contribution in [3.63, 3.8) is 0 Å². The molecular formula is C14H19BrN2O. The molecule has 1 aromatic rings. The van der Waals surface area contributed by atoms with Gasteiger partial charge in [0.15, 0.2) is 0 Å². The summed E-state index contributed by atoms with van der Waals surface area (Å²) in [6, 6.07) is 7.45. The van der Waals surface area contributed by atoms with E-state index in [0.717, 1.165) is 38.9 Å². The minimum Gasteiger partial charge on any atom is -0.378 e. The highest BCUT2D eigenvalue weighted by Gasteiger charge is 2.20. The number of hydrogen-bond acceptors (Lipinski definition) is 3. The molecule has 1 aliphatic carbocycles. The van der Waals surface area contributed by atoms with Crippen molar-refractivity contribution in [2.75, 3.05) is 31.2 Å². The Labute approximate surface area is 117 Å². The molecule has 1 aliphatic heterocycles. The van der Waals surface area contributed by atoms with Crippen molar-refractivity contribution in [2.24, 2.45) is 0 Å². The van der Waals surface area contributed by atoms with Gasteiger partial charge in [0.05, 0.1) is 18.9 Å². The van der Waals surface area contributed by atoms with Gasteiger partial charge < -0.3 is 15.0 Å². The topological polar surface area (TPSA) is 24.5 Å². The number of hydrogen-bond donors (Lipinski definition) is 1. The van der Waals surface area contributed by atoms with Crippen molar-refractivity contribution in [2.45, 2.75) is 25.4 Å². The predicted octanol–water partition coefficient (Wildman–Crippen LogP) is 2.54. The van der Waals surface area contributed by atoms with Crippen LogP contribution >= 0.6 is 15.9 Å². The van der Waals surface area contributed by atoms with E-state index in [4.69, 9.17) is 4.74 Å². The van der Waals surface area contributed by atoms with Crippen LogP contribution in [-0.2, 0) is 11.3 Å². The van der Waals surface area contributed by atoms with Crippen LogP contribution in [0, 0.1) is 0 Å². The van der Waals surface area contributed by atoms with E-state index in [1.807, 2.05) is 0 Å². The zero-order valence-electron chi connectivity index (χ0n) is 10.5. The van der Waals surface area contributed by atoms with Gasteiger partial charge in [-0.25, -0.2) is 0 Å². The van der Waals surface area contributed by atoms with E-state index in [2.05, 4.69) is 44.3 Å². The molecule has 98 valence electrons. The van der Waals surface area contributed by atoms with Crippen LogP contribution in [0.15, 0.2) is 22.7 Å². The summed E-state index contributed by atoms with van der Waals surface area (Å²) in [4.78, 5) is 2.38. The first-order valence-electron chi connectivity index (χ1n) is 6.67. The van der Waals surface area contributed by atoms with E-state index in [0.29, 0.717) is 0 Å². The molecule has 1 heterocycles. The van der Waals surface area contributed by atoms with E-state index in [1.54, 1.807) is 0 Å². The summed E-state index contributed by atoms with van der Waals surface area (Å²) in [5.41, 5.74) is 2.64. The highest BCUT2D eigenvalue weighted by atomic mass is 79.9. The third kappa shape index (κ3) is 3.05. The molecule has 0 spiro atoms. The molecule has 4 heteroatoms. The maximum absolute atomic E-state index is 5.39. The maximum Gasteiger partial charge on any atom is 0.0642 e. The molecule has 2 fully saturated rings. The third-order valence-corrected chi connectivity index (χ3v) is 4.17. The zero-order chi connectivity index (χ0) is 12.4. The Balaban J connectivity index is 1.66. The van der Waals surface area contributed by atoms with Gasteiger partial charge >= 0.3 is 0 Å². The number of halogens is 1. The highest BCUT2D eigenvalue weighted by Crippen LogP contribution is 2.28. The number of anilines is 1. The van der Waals surface area contributed by atoms with Gasteiger partial charge in [0.1, 0.15) is 0 Å². The molecule has 0 aromatic heterocycles. The Bertz CT molecular complexity index is 414. The SMILES string of the molecule is Brc1cc(CNC2CC2)ccc1N1CCOCC1. The van der Waals surface area contributed by atoms with E-state index in [-0.39, 0.29) is 0 Å². The molecule has 1 saturated carbocycles. The molecular weight excluding hydrogens is 292 g/mol. The molecule has 0 atom stereocenters. The fourth-order valence-electron chi connectivity index (χ4n) is 2.27. The number of benzene rings is 1. The average Bonchev–Trinajstić information content (AvgIpc) is 3.21. The van der Waals surface area contributed by atoms with Crippen molar-refractivity contribution >= 4 is 21.6 Å². The molecule has 0 unspecified atom stereocenters. The monoisotopic (exact) mass is 310 g/mol. The highest BCUT2D eigenvalue weighted by molar-refractivity contribution is 9.10. The molecule has 1 aromatic carbocycles. The lowest BCUT2D eigenvalue weighted by Gasteiger charge is -2.29. The fraction of sp³-hybridized carbons (Fsp3) is 0.571. The van der Waals surface area contributed by atoms with Gasteiger partial charge in [-0.15, -0.1) is 0 Å². The number of nitrogens with zero attached hydrogens (tertiary/aromatic N) is 1. The van der Waals surface area contributed by atoms with Crippen molar-refractivity contribution in [3.05, 3.63) is 28.2 Å². The normalized spacial score (nSPS) is 20.2. The molecule has 0 radical (unpaired) electrons. The summed E-state index contributed by atoms with van der Waals surface area (Å²) in [7, 11) is 0. The number of rotatable bonds is 4. The van der Waals surface area contributed by atoms with Crippen molar-refractivity contribution < 1.29 is 4.74 Å². The first kappa shape index (κ1) is 12.5. The van der Waals surface area contributed by atoms with Gasteiger partial charge in [0, 0.05) is 30.1 Å². The third-order valence-electron chi connectivity index (χ3n) is 3.54. The standard InChI is InChI=1S/C14H19BrN2O/c15-13-9-11(10-16-12-2-3-12)1-4-14(13)17-5-7-18-8-6-17/h1,4,9,12,16H,2-3,5-8,10H2. The molecule has 1 N–H and O–H groups in total. The Morgan fingerprint density at radius 1 is 1.28 bits per heavy atom. The largest absolute Gasteiger partial charge is 0.378 e. The minimum atomic E-state index is 0.766. The lowest BCUT2D eigenvalue weighted by atomic mass is 10.2. The van der Waals surface area contributed by atoms with Crippen LogP contribution in [0.4, 0.5) is 5.69 Å². The molecule has 1 saturated heterocycles. The van der Waals surface area contributed by atoms with Crippen LogP contribution in [0.3, 0.4) is 0 Å². The molecule has 0 bridgehead atoms. The van der Waals surface area contributed by atoms with Crippen LogP contribution in [0.1, 0.15) is 18.4 Å². The lowest BCUT2D eigenvalue weighted by molar-refractivity contribution is 0.122. The summed E-state index contributed by atoms with van der Waals surface area (Å²) >= 11 is 3.70. The van der Waals surface area contributed by atoms with Crippen LogP contribution < -0.4 is 10.2 Å². The minimum absolute atomic E-state index is 0.766. The summed E-state index contributed by atoms with van der Waals surface area (Å²) < 4.78 is 6.58. The first-order valence-corrected chi connectivity index (χ1v) is 7.47. The number of morpholine rings is 1. The summed E-state index contributed by atoms with van der Waals surface area (Å²) in [6.07, 6.45) is 2.68. The van der Waals surface area contributed by atoms with E-state index in [1.165, 1.54) is 28.6 Å². The molecule has 3 rings (SSSR count). The van der Waals surface area contributed by atoms with E-state index >= 15 is 0 Å². The fourth-order valence-corrected chi connectivity index (χ4v) is 2.95. The van der Waals surface area contributed by atoms with Gasteiger partial charge in [-0.05, 0) is 46.5 Å². The van der Waals surface area contributed by atoms with Crippen LogP contribution in [-0.4, -0.2) is 32.3 Å². The second-order valence-electron chi connectivity index (χ2n) is 5.04. The lowest BCUT2D eigenvalue weighted by Crippen LogP contribution is -2.36. The molecule has 3 nitrogen and oxygen atoms in total. The van der Waals surface area contributed by atoms with Gasteiger partial charge in [0.2, 0.25) is 0 Å². The second kappa shape index (κ2) is 5.59. The zero-order valence-corrected chi connectivity index (χ0v) is 12.1. The van der Waals surface area contributed by atoms with Gasteiger partial charge in [0.25, 0.3) is 0 Å². The molecule has 2 aliphatic rings. The Morgan fingerprint density at radius 2 is 2.06 bits per heavy atom. The Kier molecular flexibility index (Phi) is 3.87. The van der Waals surface area contributed by atoms with Crippen LogP contribution in [0.25, 0.3) is 0 Å². The number of nitrogens with one attached hydrogen (secondary N) is 1. The second-order valence-corrected chi connectivity index (χ2v) is 5.89. The van der Waals surface area contributed by atoms with Crippen LogP contribution in [0.5, 0.6) is 0 Å². The molecule has 18 heavy (non-hydrogen) atoms. The first-order chi connectivity index (χ1) is 8.83. The van der Waals surface area contributed by atoms with Crippen molar-refractivity contribution in [1.29, 1.82) is 0 Å². The van der Waals surface area contributed by atoms with E-state index in [9.17, 15) is 0 Å². The Hall–Kier alpha value is -0.580. The van der Waals surface area contributed by atoms with E-state index < -0.39 is 0 Å².